The first-order valence-corrected chi connectivity index (χ1v) is 6.14. The molecule has 0 radical (unpaired) electrons. The maximum atomic E-state index is 13.2. The zero-order valence-corrected chi connectivity index (χ0v) is 11.1. The highest BCUT2D eigenvalue weighted by Crippen LogP contribution is 2.35. The van der Waals surface area contributed by atoms with E-state index in [0.717, 1.165) is 5.56 Å². The molecule has 0 aliphatic carbocycles. The first-order chi connectivity index (χ1) is 8.50. The zero-order chi connectivity index (χ0) is 13.3. The van der Waals surface area contributed by atoms with Gasteiger partial charge in [0.2, 0.25) is 0 Å². The quantitative estimate of drug-likeness (QED) is 0.860. The number of aliphatic hydroxyl groups is 1. The molecule has 4 heteroatoms. The molecule has 0 saturated heterocycles. The Hall–Kier alpha value is -1.09. The number of aliphatic hydroxyl groups excluding tert-OH is 1. The van der Waals surface area contributed by atoms with Crippen LogP contribution in [-0.4, -0.2) is 5.11 Å². The average Bonchev–Trinajstić information content (AvgIpc) is 2.32. The van der Waals surface area contributed by atoms with E-state index in [9.17, 15) is 9.50 Å². The molecule has 0 spiro atoms. The van der Waals surface area contributed by atoms with E-state index in [1.165, 1.54) is 12.1 Å². The molecule has 1 N–H and O–H groups in total. The molecular weight excluding hydrogens is 274 g/mol. The van der Waals surface area contributed by atoms with E-state index in [1.807, 2.05) is 0 Å². The third kappa shape index (κ3) is 2.51. The molecule has 94 valence electrons. The minimum absolute atomic E-state index is 0.360. The first-order valence-electron chi connectivity index (χ1n) is 5.38. The molecule has 18 heavy (non-hydrogen) atoms. The number of aryl methyl sites for hydroxylation is 1. The van der Waals surface area contributed by atoms with Crippen molar-refractivity contribution >= 4 is 23.2 Å². The second kappa shape index (κ2) is 5.27. The Morgan fingerprint density at radius 3 is 2.33 bits per heavy atom. The predicted molar refractivity (Wildman–Crippen MR) is 71.7 cm³/mol. The Morgan fingerprint density at radius 2 is 1.72 bits per heavy atom. The summed E-state index contributed by atoms with van der Waals surface area (Å²) in [6.45, 7) is 1.79. The third-order valence-corrected chi connectivity index (χ3v) is 3.47. The molecule has 2 aromatic rings. The average molecular weight is 285 g/mol. The topological polar surface area (TPSA) is 20.2 Å². The lowest BCUT2D eigenvalue weighted by molar-refractivity contribution is 0.219. The summed E-state index contributed by atoms with van der Waals surface area (Å²) in [5, 5.41) is 11.0. The molecular formula is C14H11Cl2FO. The van der Waals surface area contributed by atoms with Crippen LogP contribution in [0.1, 0.15) is 22.8 Å². The van der Waals surface area contributed by atoms with Gasteiger partial charge < -0.3 is 5.11 Å². The van der Waals surface area contributed by atoms with Gasteiger partial charge in [-0.25, -0.2) is 4.39 Å². The van der Waals surface area contributed by atoms with Crippen LogP contribution in [-0.2, 0) is 0 Å². The van der Waals surface area contributed by atoms with Crippen molar-refractivity contribution in [3.8, 4) is 0 Å². The fourth-order valence-corrected chi connectivity index (χ4v) is 2.44. The van der Waals surface area contributed by atoms with Gasteiger partial charge in [-0.15, -0.1) is 0 Å². The van der Waals surface area contributed by atoms with Crippen molar-refractivity contribution in [3.63, 3.8) is 0 Å². The fraction of sp³-hybridized carbons (Fsp3) is 0.143. The number of halogens is 3. The largest absolute Gasteiger partial charge is 0.384 e. The summed E-state index contributed by atoms with van der Waals surface area (Å²) in [5.74, 6) is -0.405. The minimum atomic E-state index is -1.04. The van der Waals surface area contributed by atoms with Gasteiger partial charge in [0, 0.05) is 15.6 Å². The second-order valence-corrected chi connectivity index (χ2v) is 4.85. The van der Waals surface area contributed by atoms with Crippen LogP contribution >= 0.6 is 23.2 Å². The summed E-state index contributed by atoms with van der Waals surface area (Å²) in [5.41, 5.74) is 1.64. The Balaban J connectivity index is 2.54. The van der Waals surface area contributed by atoms with E-state index in [1.54, 1.807) is 31.2 Å². The Labute approximate surface area is 115 Å². The van der Waals surface area contributed by atoms with Crippen molar-refractivity contribution in [2.75, 3.05) is 0 Å². The summed E-state index contributed by atoms with van der Waals surface area (Å²) < 4.78 is 13.2. The maximum absolute atomic E-state index is 13.2. The lowest BCUT2D eigenvalue weighted by Crippen LogP contribution is -2.04. The molecule has 1 nitrogen and oxygen atoms in total. The molecule has 0 aromatic heterocycles. The lowest BCUT2D eigenvalue weighted by atomic mass is 9.97. The van der Waals surface area contributed by atoms with Crippen LogP contribution in [0, 0.1) is 12.7 Å². The van der Waals surface area contributed by atoms with E-state index in [2.05, 4.69) is 0 Å². The van der Waals surface area contributed by atoms with E-state index in [0.29, 0.717) is 21.2 Å². The molecule has 1 unspecified atom stereocenters. The fourth-order valence-electron chi connectivity index (χ4n) is 1.83. The van der Waals surface area contributed by atoms with E-state index < -0.39 is 11.9 Å². The molecule has 0 aliphatic rings. The maximum Gasteiger partial charge on any atom is 0.123 e. The van der Waals surface area contributed by atoms with Crippen LogP contribution in [0.2, 0.25) is 10.0 Å². The summed E-state index contributed by atoms with van der Waals surface area (Å²) in [4.78, 5) is 0. The Bertz CT molecular complexity index is 564. The van der Waals surface area contributed by atoms with E-state index in [4.69, 9.17) is 23.2 Å². The smallest absolute Gasteiger partial charge is 0.123 e. The van der Waals surface area contributed by atoms with Crippen molar-refractivity contribution in [2.24, 2.45) is 0 Å². The molecule has 0 saturated carbocycles. The SMILES string of the molecule is Cc1ccc(F)cc1C(O)c1c(Cl)cccc1Cl. The molecule has 1 atom stereocenters. The van der Waals surface area contributed by atoms with Crippen LogP contribution in [0.15, 0.2) is 36.4 Å². The van der Waals surface area contributed by atoms with Gasteiger partial charge in [0.25, 0.3) is 0 Å². The van der Waals surface area contributed by atoms with Crippen LogP contribution in [0.5, 0.6) is 0 Å². The van der Waals surface area contributed by atoms with E-state index >= 15 is 0 Å². The van der Waals surface area contributed by atoms with Crippen molar-refractivity contribution in [3.05, 3.63) is 69.0 Å². The lowest BCUT2D eigenvalue weighted by Gasteiger charge is -2.17. The first kappa shape index (κ1) is 13.3. The summed E-state index contributed by atoms with van der Waals surface area (Å²) in [6, 6.07) is 9.22. The van der Waals surface area contributed by atoms with Gasteiger partial charge in [-0.3, -0.25) is 0 Å². The monoisotopic (exact) mass is 284 g/mol. The molecule has 0 aliphatic heterocycles. The highest BCUT2D eigenvalue weighted by molar-refractivity contribution is 6.36. The molecule has 2 rings (SSSR count). The summed E-state index contributed by atoms with van der Waals surface area (Å²) >= 11 is 12.1. The molecule has 0 heterocycles. The number of hydrogen-bond acceptors (Lipinski definition) is 1. The molecule has 0 amide bonds. The Morgan fingerprint density at radius 1 is 1.11 bits per heavy atom. The highest BCUT2D eigenvalue weighted by Gasteiger charge is 2.19. The highest BCUT2D eigenvalue weighted by atomic mass is 35.5. The van der Waals surface area contributed by atoms with Crippen LogP contribution in [0.25, 0.3) is 0 Å². The number of hydrogen-bond donors (Lipinski definition) is 1. The van der Waals surface area contributed by atoms with Gasteiger partial charge >= 0.3 is 0 Å². The van der Waals surface area contributed by atoms with Gasteiger partial charge in [0.1, 0.15) is 11.9 Å². The minimum Gasteiger partial charge on any atom is -0.384 e. The normalized spacial score (nSPS) is 12.5. The van der Waals surface area contributed by atoms with Gasteiger partial charge in [-0.1, -0.05) is 35.3 Å². The summed E-state index contributed by atoms with van der Waals surface area (Å²) in [7, 11) is 0. The number of rotatable bonds is 2. The molecule has 2 aromatic carbocycles. The van der Waals surface area contributed by atoms with Crippen molar-refractivity contribution in [1.29, 1.82) is 0 Å². The van der Waals surface area contributed by atoms with Crippen LogP contribution in [0.3, 0.4) is 0 Å². The predicted octanol–water partition coefficient (Wildman–Crippen LogP) is 4.52. The Kier molecular flexibility index (Phi) is 3.91. The standard InChI is InChI=1S/C14H11Cl2FO/c1-8-5-6-9(17)7-10(8)14(18)13-11(15)3-2-4-12(13)16/h2-7,14,18H,1H3. The second-order valence-electron chi connectivity index (χ2n) is 4.04. The van der Waals surface area contributed by atoms with Crippen LogP contribution < -0.4 is 0 Å². The van der Waals surface area contributed by atoms with Crippen LogP contribution in [0.4, 0.5) is 4.39 Å². The zero-order valence-electron chi connectivity index (χ0n) is 9.62. The summed E-state index contributed by atoms with van der Waals surface area (Å²) in [6.07, 6.45) is -1.04. The van der Waals surface area contributed by atoms with Gasteiger partial charge in [0.15, 0.2) is 0 Å². The van der Waals surface area contributed by atoms with Crippen molar-refractivity contribution in [1.82, 2.24) is 0 Å². The molecule has 0 fully saturated rings. The van der Waals surface area contributed by atoms with Gasteiger partial charge in [-0.05, 0) is 42.3 Å². The molecule has 0 bridgehead atoms. The van der Waals surface area contributed by atoms with Crippen molar-refractivity contribution < 1.29 is 9.50 Å². The number of benzene rings is 2. The third-order valence-electron chi connectivity index (χ3n) is 2.81. The van der Waals surface area contributed by atoms with Crippen molar-refractivity contribution in [2.45, 2.75) is 13.0 Å². The van der Waals surface area contributed by atoms with E-state index in [-0.39, 0.29) is 0 Å². The van der Waals surface area contributed by atoms with Gasteiger partial charge in [-0.2, -0.15) is 0 Å². The van der Waals surface area contributed by atoms with Gasteiger partial charge in [0.05, 0.1) is 0 Å².